The standard InChI is InChI=1S/C13H20N6O/c1-8(2)13(4,7-14)17-11(20)10-16-12-15-6-5-9(3)19(12)18-10/h5-6,8H,7,14H2,1-4H3,(H,17,20). The van der Waals surface area contributed by atoms with E-state index < -0.39 is 5.54 Å². The highest BCUT2D eigenvalue weighted by molar-refractivity contribution is 5.91. The van der Waals surface area contributed by atoms with Gasteiger partial charge in [0, 0.05) is 18.4 Å². The van der Waals surface area contributed by atoms with Crippen LogP contribution < -0.4 is 11.1 Å². The van der Waals surface area contributed by atoms with Crippen molar-refractivity contribution in [2.45, 2.75) is 33.2 Å². The fourth-order valence-electron chi connectivity index (χ4n) is 1.75. The average molecular weight is 276 g/mol. The molecule has 1 amide bonds. The number of nitrogens with one attached hydrogen (secondary N) is 1. The van der Waals surface area contributed by atoms with Crippen LogP contribution in [0.25, 0.3) is 5.78 Å². The third-order valence-corrected chi connectivity index (χ3v) is 3.73. The van der Waals surface area contributed by atoms with Crippen molar-refractivity contribution in [3.8, 4) is 0 Å². The smallest absolute Gasteiger partial charge is 0.291 e. The number of rotatable bonds is 4. The number of fused-ring (bicyclic) bond motifs is 1. The molecule has 0 radical (unpaired) electrons. The Balaban J connectivity index is 2.30. The Kier molecular flexibility index (Phi) is 3.71. The van der Waals surface area contributed by atoms with Crippen molar-refractivity contribution in [1.82, 2.24) is 24.9 Å². The van der Waals surface area contributed by atoms with Gasteiger partial charge >= 0.3 is 0 Å². The van der Waals surface area contributed by atoms with E-state index in [0.717, 1.165) is 5.69 Å². The number of amides is 1. The molecule has 20 heavy (non-hydrogen) atoms. The summed E-state index contributed by atoms with van der Waals surface area (Å²) in [7, 11) is 0. The van der Waals surface area contributed by atoms with E-state index in [9.17, 15) is 4.79 Å². The molecule has 0 saturated carbocycles. The van der Waals surface area contributed by atoms with Gasteiger partial charge in [-0.2, -0.15) is 4.98 Å². The monoisotopic (exact) mass is 276 g/mol. The molecule has 7 nitrogen and oxygen atoms in total. The third kappa shape index (κ3) is 2.49. The maximum absolute atomic E-state index is 12.3. The van der Waals surface area contributed by atoms with Gasteiger partial charge in [-0.1, -0.05) is 13.8 Å². The summed E-state index contributed by atoms with van der Waals surface area (Å²) in [5.74, 6) is 0.381. The van der Waals surface area contributed by atoms with Crippen molar-refractivity contribution in [2.24, 2.45) is 11.7 Å². The molecule has 0 fully saturated rings. The lowest BCUT2D eigenvalue weighted by molar-refractivity contribution is 0.0872. The molecule has 0 bridgehead atoms. The SMILES string of the molecule is Cc1ccnc2nc(C(=O)NC(C)(CN)C(C)C)nn12. The number of nitrogens with two attached hydrogens (primary N) is 1. The molecule has 1 unspecified atom stereocenters. The van der Waals surface area contributed by atoms with Gasteiger partial charge in [0.25, 0.3) is 11.7 Å². The van der Waals surface area contributed by atoms with Crippen LogP contribution in [0.3, 0.4) is 0 Å². The van der Waals surface area contributed by atoms with Crippen molar-refractivity contribution in [1.29, 1.82) is 0 Å². The first-order chi connectivity index (χ1) is 9.37. The van der Waals surface area contributed by atoms with Gasteiger partial charge in [-0.15, -0.1) is 5.10 Å². The molecule has 0 aliphatic heterocycles. The lowest BCUT2D eigenvalue weighted by Gasteiger charge is -2.33. The minimum Gasteiger partial charge on any atom is -0.343 e. The van der Waals surface area contributed by atoms with Crippen molar-refractivity contribution >= 4 is 11.7 Å². The Hall–Kier alpha value is -2.02. The third-order valence-electron chi connectivity index (χ3n) is 3.73. The van der Waals surface area contributed by atoms with E-state index in [1.807, 2.05) is 33.8 Å². The Morgan fingerprint density at radius 1 is 1.55 bits per heavy atom. The fourth-order valence-corrected chi connectivity index (χ4v) is 1.75. The predicted octanol–water partition coefficient (Wildman–Crippen LogP) is 0.536. The van der Waals surface area contributed by atoms with E-state index in [1.54, 1.807) is 10.7 Å². The molecule has 0 saturated heterocycles. The van der Waals surface area contributed by atoms with Gasteiger partial charge in [0.15, 0.2) is 0 Å². The van der Waals surface area contributed by atoms with E-state index in [2.05, 4.69) is 20.4 Å². The highest BCUT2D eigenvalue weighted by Crippen LogP contribution is 2.15. The van der Waals surface area contributed by atoms with E-state index in [4.69, 9.17) is 5.73 Å². The number of carbonyl (C=O) groups excluding carboxylic acids is 1. The van der Waals surface area contributed by atoms with Crippen LogP contribution in [0, 0.1) is 12.8 Å². The first-order valence-corrected chi connectivity index (χ1v) is 6.58. The van der Waals surface area contributed by atoms with E-state index in [-0.39, 0.29) is 17.6 Å². The molecule has 2 aromatic rings. The van der Waals surface area contributed by atoms with Crippen LogP contribution in [0.5, 0.6) is 0 Å². The summed E-state index contributed by atoms with van der Waals surface area (Å²) in [5.41, 5.74) is 6.14. The molecule has 1 atom stereocenters. The fraction of sp³-hybridized carbons (Fsp3) is 0.538. The summed E-state index contributed by atoms with van der Waals surface area (Å²) in [6.45, 7) is 8.16. The molecule has 3 N–H and O–H groups in total. The van der Waals surface area contributed by atoms with Crippen molar-refractivity contribution < 1.29 is 4.79 Å². The lowest BCUT2D eigenvalue weighted by Crippen LogP contribution is -2.55. The van der Waals surface area contributed by atoms with Crippen molar-refractivity contribution in [3.05, 3.63) is 23.8 Å². The first kappa shape index (κ1) is 14.4. The van der Waals surface area contributed by atoms with Crippen LogP contribution in [-0.4, -0.2) is 37.6 Å². The van der Waals surface area contributed by atoms with Crippen LogP contribution in [0.1, 0.15) is 37.1 Å². The van der Waals surface area contributed by atoms with Gasteiger partial charge in [-0.25, -0.2) is 9.50 Å². The Labute approximate surface area is 117 Å². The van der Waals surface area contributed by atoms with Gasteiger partial charge in [0.05, 0.1) is 5.54 Å². The summed E-state index contributed by atoms with van der Waals surface area (Å²) in [4.78, 5) is 20.5. The highest BCUT2D eigenvalue weighted by Gasteiger charge is 2.30. The lowest BCUT2D eigenvalue weighted by atomic mass is 9.88. The molecule has 7 heteroatoms. The molecule has 0 spiro atoms. The van der Waals surface area contributed by atoms with Gasteiger partial charge in [0.1, 0.15) is 0 Å². The topological polar surface area (TPSA) is 98.2 Å². The second kappa shape index (κ2) is 5.16. The molecule has 108 valence electrons. The zero-order valence-electron chi connectivity index (χ0n) is 12.2. The zero-order chi connectivity index (χ0) is 14.9. The Bertz CT molecular complexity index is 635. The first-order valence-electron chi connectivity index (χ1n) is 6.58. The van der Waals surface area contributed by atoms with Crippen molar-refractivity contribution in [2.75, 3.05) is 6.54 Å². The van der Waals surface area contributed by atoms with Crippen LogP contribution >= 0.6 is 0 Å². The summed E-state index contributed by atoms with van der Waals surface area (Å²) in [5, 5.41) is 7.09. The molecular weight excluding hydrogens is 256 g/mol. The van der Waals surface area contributed by atoms with Gasteiger partial charge in [-0.05, 0) is 25.8 Å². The van der Waals surface area contributed by atoms with Crippen molar-refractivity contribution in [3.63, 3.8) is 0 Å². The van der Waals surface area contributed by atoms with Crippen LogP contribution in [0.15, 0.2) is 12.3 Å². The number of nitrogens with zero attached hydrogens (tertiary/aromatic N) is 4. The molecule has 2 aromatic heterocycles. The summed E-state index contributed by atoms with van der Waals surface area (Å²) in [6.07, 6.45) is 1.64. The van der Waals surface area contributed by atoms with Gasteiger partial charge < -0.3 is 11.1 Å². The van der Waals surface area contributed by atoms with E-state index in [0.29, 0.717) is 12.3 Å². The second-order valence-corrected chi connectivity index (χ2v) is 5.46. The number of aromatic nitrogens is 4. The largest absolute Gasteiger partial charge is 0.343 e. The van der Waals surface area contributed by atoms with Crippen LogP contribution in [0.2, 0.25) is 0 Å². The molecule has 0 aliphatic rings. The maximum Gasteiger partial charge on any atom is 0.291 e. The summed E-state index contributed by atoms with van der Waals surface area (Å²) < 4.78 is 1.55. The Morgan fingerprint density at radius 3 is 2.80 bits per heavy atom. The molecule has 0 aliphatic carbocycles. The number of hydrogen-bond acceptors (Lipinski definition) is 5. The maximum atomic E-state index is 12.3. The van der Waals surface area contributed by atoms with Crippen LogP contribution in [0.4, 0.5) is 0 Å². The minimum atomic E-state index is -0.489. The number of hydrogen-bond donors (Lipinski definition) is 2. The second-order valence-electron chi connectivity index (χ2n) is 5.46. The molecule has 0 aromatic carbocycles. The number of aryl methyl sites for hydroxylation is 1. The predicted molar refractivity (Wildman–Crippen MR) is 75.3 cm³/mol. The molecular formula is C13H20N6O. The van der Waals surface area contributed by atoms with E-state index >= 15 is 0 Å². The summed E-state index contributed by atoms with van der Waals surface area (Å²) >= 11 is 0. The number of carbonyl (C=O) groups is 1. The normalized spacial score (nSPS) is 14.5. The van der Waals surface area contributed by atoms with Crippen LogP contribution in [-0.2, 0) is 0 Å². The minimum absolute atomic E-state index is 0.104. The zero-order valence-corrected chi connectivity index (χ0v) is 12.2. The molecule has 2 rings (SSSR count). The summed E-state index contributed by atoms with van der Waals surface area (Å²) in [6, 6.07) is 1.81. The highest BCUT2D eigenvalue weighted by atomic mass is 16.2. The molecule has 2 heterocycles. The van der Waals surface area contributed by atoms with Gasteiger partial charge in [0.2, 0.25) is 5.82 Å². The van der Waals surface area contributed by atoms with Gasteiger partial charge in [-0.3, -0.25) is 4.79 Å². The average Bonchev–Trinajstić information content (AvgIpc) is 2.84. The quantitative estimate of drug-likeness (QED) is 0.849. The Morgan fingerprint density at radius 2 is 2.25 bits per heavy atom. The van der Waals surface area contributed by atoms with E-state index in [1.165, 1.54) is 0 Å².